The molecule has 5 aromatic rings. The van der Waals surface area contributed by atoms with Gasteiger partial charge in [-0.25, -0.2) is 24.6 Å². The molecule has 0 spiro atoms. The number of anilines is 1. The zero-order valence-corrected chi connectivity index (χ0v) is 18.2. The maximum absolute atomic E-state index is 4.74. The number of hydrogen-bond donors (Lipinski definition) is 1. The van der Waals surface area contributed by atoms with E-state index in [1.807, 2.05) is 59.6 Å². The normalized spacial score (nSPS) is 11.2. The Hall–Kier alpha value is -4.14. The molecule has 32 heavy (non-hydrogen) atoms. The van der Waals surface area contributed by atoms with Gasteiger partial charge in [0, 0.05) is 42.9 Å². The minimum atomic E-state index is 0.558. The average Bonchev–Trinajstić information content (AvgIpc) is 3.40. The number of imidazole rings is 1. The fourth-order valence-corrected chi connectivity index (χ4v) is 3.62. The minimum absolute atomic E-state index is 0.558. The smallest absolute Gasteiger partial charge is 0.166 e. The summed E-state index contributed by atoms with van der Waals surface area (Å²) < 4.78 is 3.85. The lowest BCUT2D eigenvalue weighted by Crippen LogP contribution is -2.07. The van der Waals surface area contributed by atoms with Crippen molar-refractivity contribution in [2.75, 3.05) is 5.32 Å². The summed E-state index contributed by atoms with van der Waals surface area (Å²) in [4.78, 5) is 22.8. The highest BCUT2D eigenvalue weighted by molar-refractivity contribution is 5.85. The molecule has 9 heteroatoms. The van der Waals surface area contributed by atoms with Gasteiger partial charge < -0.3 is 9.88 Å². The van der Waals surface area contributed by atoms with E-state index in [-0.39, 0.29) is 0 Å². The fraction of sp³-hybridized carbons (Fsp3) is 0.217. The molecule has 160 valence electrons. The fourth-order valence-electron chi connectivity index (χ4n) is 3.62. The molecule has 0 aliphatic heterocycles. The summed E-state index contributed by atoms with van der Waals surface area (Å²) in [5.74, 6) is 2.09. The van der Waals surface area contributed by atoms with Gasteiger partial charge in [0.05, 0.1) is 12.0 Å². The first-order valence-electron chi connectivity index (χ1n) is 10.5. The van der Waals surface area contributed by atoms with Crippen LogP contribution in [-0.2, 0) is 13.1 Å². The van der Waals surface area contributed by atoms with Gasteiger partial charge in [0.1, 0.15) is 5.52 Å². The van der Waals surface area contributed by atoms with Gasteiger partial charge in [-0.1, -0.05) is 6.07 Å². The molecule has 0 aliphatic carbocycles. The van der Waals surface area contributed by atoms with Crippen molar-refractivity contribution < 1.29 is 0 Å². The van der Waals surface area contributed by atoms with Gasteiger partial charge >= 0.3 is 0 Å². The summed E-state index contributed by atoms with van der Waals surface area (Å²) in [6.07, 6.45) is 7.14. The lowest BCUT2D eigenvalue weighted by Gasteiger charge is -2.10. The molecule has 0 unspecified atom stereocenters. The predicted octanol–water partition coefficient (Wildman–Crippen LogP) is 3.72. The number of fused-ring (bicyclic) bond motifs is 1. The molecule has 0 bridgehead atoms. The average molecular weight is 426 g/mol. The Balaban J connectivity index is 1.44. The van der Waals surface area contributed by atoms with Crippen LogP contribution in [-0.4, -0.2) is 39.3 Å². The van der Waals surface area contributed by atoms with E-state index >= 15 is 0 Å². The molecule has 0 fully saturated rings. The molecule has 5 rings (SSSR count). The number of hydrogen-bond acceptors (Lipinski definition) is 7. The summed E-state index contributed by atoms with van der Waals surface area (Å²) in [6, 6.07) is 9.87. The van der Waals surface area contributed by atoms with Crippen LogP contribution in [0.1, 0.15) is 23.9 Å². The molecular weight excluding hydrogens is 402 g/mol. The predicted molar refractivity (Wildman–Crippen MR) is 122 cm³/mol. The number of aryl methyl sites for hydroxylation is 3. The van der Waals surface area contributed by atoms with Crippen LogP contribution in [0, 0.1) is 13.8 Å². The first-order valence-corrected chi connectivity index (χ1v) is 10.5. The highest BCUT2D eigenvalue weighted by Gasteiger charge is 2.14. The molecule has 0 aromatic carbocycles. The van der Waals surface area contributed by atoms with Crippen molar-refractivity contribution in [3.05, 3.63) is 72.2 Å². The van der Waals surface area contributed by atoms with Gasteiger partial charge in [-0.3, -0.25) is 4.98 Å². The second-order valence-corrected chi connectivity index (χ2v) is 7.56. The summed E-state index contributed by atoms with van der Waals surface area (Å²) in [6.45, 7) is 7.39. The number of nitrogens with one attached hydrogen (secondary N) is 1. The van der Waals surface area contributed by atoms with Crippen molar-refractivity contribution in [2.45, 2.75) is 33.9 Å². The number of aromatic nitrogens is 8. The third kappa shape index (κ3) is 3.68. The van der Waals surface area contributed by atoms with Crippen LogP contribution in [0.2, 0.25) is 0 Å². The monoisotopic (exact) mass is 425 g/mol. The lowest BCUT2D eigenvalue weighted by molar-refractivity contribution is 0.777. The minimum Gasteiger partial charge on any atom is -0.364 e. The Morgan fingerprint density at radius 1 is 1.03 bits per heavy atom. The van der Waals surface area contributed by atoms with Gasteiger partial charge in [0.2, 0.25) is 0 Å². The number of rotatable bonds is 6. The molecule has 5 heterocycles. The Morgan fingerprint density at radius 3 is 2.62 bits per heavy atom. The highest BCUT2D eigenvalue weighted by atomic mass is 15.3. The third-order valence-corrected chi connectivity index (χ3v) is 5.22. The van der Waals surface area contributed by atoms with Crippen molar-refractivity contribution in [2.24, 2.45) is 0 Å². The van der Waals surface area contributed by atoms with E-state index in [2.05, 4.69) is 32.3 Å². The standard InChI is InChI=1S/C23H23N9/c1-4-31-14-27-20-22(28-21(29-23(20)31)18-6-5-9-24-13-18)26-12-17-7-8-19(25-11-17)32-16(3)10-15(2)30-32/h5-11,13-14H,4,12H2,1-3H3,(H,26,28,29). The maximum atomic E-state index is 4.74. The second kappa shape index (κ2) is 8.18. The van der Waals surface area contributed by atoms with Crippen LogP contribution >= 0.6 is 0 Å². The van der Waals surface area contributed by atoms with Crippen molar-refractivity contribution >= 4 is 17.0 Å². The molecule has 9 nitrogen and oxygen atoms in total. The first kappa shape index (κ1) is 19.8. The van der Waals surface area contributed by atoms with E-state index in [0.717, 1.165) is 46.0 Å². The topological polar surface area (TPSA) is 99.2 Å². The Bertz CT molecular complexity index is 1370. The van der Waals surface area contributed by atoms with E-state index < -0.39 is 0 Å². The van der Waals surface area contributed by atoms with Crippen LogP contribution < -0.4 is 5.32 Å². The van der Waals surface area contributed by atoms with Crippen LogP contribution in [0.25, 0.3) is 28.4 Å². The molecule has 0 radical (unpaired) electrons. The van der Waals surface area contributed by atoms with Crippen molar-refractivity contribution in [1.82, 2.24) is 39.3 Å². The van der Waals surface area contributed by atoms with Gasteiger partial charge in [-0.05, 0) is 50.6 Å². The van der Waals surface area contributed by atoms with Crippen LogP contribution in [0.15, 0.2) is 55.2 Å². The van der Waals surface area contributed by atoms with E-state index in [0.29, 0.717) is 18.2 Å². The van der Waals surface area contributed by atoms with Crippen molar-refractivity contribution in [3.63, 3.8) is 0 Å². The molecule has 0 amide bonds. The zero-order chi connectivity index (χ0) is 22.1. The molecule has 1 N–H and O–H groups in total. The van der Waals surface area contributed by atoms with Crippen LogP contribution in [0.5, 0.6) is 0 Å². The summed E-state index contributed by atoms with van der Waals surface area (Å²) in [5.41, 5.74) is 5.45. The first-order chi connectivity index (χ1) is 15.6. The van der Waals surface area contributed by atoms with E-state index in [9.17, 15) is 0 Å². The Labute approximate surface area is 185 Å². The Morgan fingerprint density at radius 2 is 1.94 bits per heavy atom. The molecule has 0 atom stereocenters. The van der Waals surface area contributed by atoms with E-state index in [1.54, 1.807) is 18.7 Å². The van der Waals surface area contributed by atoms with Crippen molar-refractivity contribution in [3.8, 4) is 17.2 Å². The quantitative estimate of drug-likeness (QED) is 0.443. The highest BCUT2D eigenvalue weighted by Crippen LogP contribution is 2.24. The molecular formula is C23H23N9. The Kier molecular flexibility index (Phi) is 5.06. The molecule has 0 aliphatic rings. The summed E-state index contributed by atoms with van der Waals surface area (Å²) in [5, 5.41) is 7.91. The van der Waals surface area contributed by atoms with E-state index in [1.165, 1.54) is 0 Å². The summed E-state index contributed by atoms with van der Waals surface area (Å²) in [7, 11) is 0. The molecule has 0 saturated heterocycles. The van der Waals surface area contributed by atoms with Gasteiger partial charge in [0.15, 0.2) is 23.1 Å². The third-order valence-electron chi connectivity index (χ3n) is 5.22. The second-order valence-electron chi connectivity index (χ2n) is 7.56. The van der Waals surface area contributed by atoms with E-state index in [4.69, 9.17) is 9.97 Å². The number of nitrogens with zero attached hydrogens (tertiary/aromatic N) is 8. The zero-order valence-electron chi connectivity index (χ0n) is 18.2. The number of pyridine rings is 2. The SMILES string of the molecule is CCn1cnc2c(NCc3ccc(-n4nc(C)cc4C)nc3)nc(-c3cccnc3)nc21. The van der Waals surface area contributed by atoms with Crippen LogP contribution in [0.3, 0.4) is 0 Å². The maximum Gasteiger partial charge on any atom is 0.166 e. The molecule has 0 saturated carbocycles. The van der Waals surface area contributed by atoms with Crippen molar-refractivity contribution in [1.29, 1.82) is 0 Å². The lowest BCUT2D eigenvalue weighted by atomic mass is 10.2. The van der Waals surface area contributed by atoms with Gasteiger partial charge in [0.25, 0.3) is 0 Å². The van der Waals surface area contributed by atoms with Gasteiger partial charge in [-0.15, -0.1) is 0 Å². The van der Waals surface area contributed by atoms with Gasteiger partial charge in [-0.2, -0.15) is 5.10 Å². The summed E-state index contributed by atoms with van der Waals surface area (Å²) >= 11 is 0. The largest absolute Gasteiger partial charge is 0.364 e. The molecule has 5 aromatic heterocycles. The van der Waals surface area contributed by atoms with Crippen LogP contribution in [0.4, 0.5) is 5.82 Å².